The second kappa shape index (κ2) is 5.11. The molecule has 0 spiro atoms. The lowest BCUT2D eigenvalue weighted by molar-refractivity contribution is 0.532. The predicted octanol–water partition coefficient (Wildman–Crippen LogP) is 2.76. The highest BCUT2D eigenvalue weighted by molar-refractivity contribution is 5.24. The Balaban J connectivity index is 2.92. The van der Waals surface area contributed by atoms with Crippen molar-refractivity contribution in [2.45, 2.75) is 40.2 Å². The fourth-order valence-corrected chi connectivity index (χ4v) is 1.79. The summed E-state index contributed by atoms with van der Waals surface area (Å²) in [6, 6.07) is 4.73. The minimum Gasteiger partial charge on any atom is -0.310 e. The molecule has 0 aliphatic heterocycles. The summed E-state index contributed by atoms with van der Waals surface area (Å²) in [4.78, 5) is 4.48. The average molecular weight is 192 g/mol. The van der Waals surface area contributed by atoms with Gasteiger partial charge in [0.25, 0.3) is 0 Å². The third kappa shape index (κ3) is 2.55. The Morgan fingerprint density at radius 2 is 2.00 bits per heavy atom. The molecule has 0 saturated carbocycles. The summed E-state index contributed by atoms with van der Waals surface area (Å²) in [6.07, 6.45) is 1.11. The van der Waals surface area contributed by atoms with Gasteiger partial charge in [-0.3, -0.25) is 4.98 Å². The first kappa shape index (κ1) is 11.2. The van der Waals surface area contributed by atoms with Crippen molar-refractivity contribution in [2.24, 2.45) is 0 Å². The van der Waals surface area contributed by atoms with Crippen LogP contribution in [0.3, 0.4) is 0 Å². The summed E-state index contributed by atoms with van der Waals surface area (Å²) in [7, 11) is 0. The summed E-state index contributed by atoms with van der Waals surface area (Å²) in [6.45, 7) is 9.46. The predicted molar refractivity (Wildman–Crippen MR) is 60.4 cm³/mol. The molecule has 0 bridgehead atoms. The van der Waals surface area contributed by atoms with Crippen molar-refractivity contribution >= 4 is 0 Å². The average Bonchev–Trinajstić information content (AvgIpc) is 2.15. The van der Waals surface area contributed by atoms with Gasteiger partial charge in [0.15, 0.2) is 0 Å². The maximum Gasteiger partial charge on any atom is 0.0423 e. The molecule has 0 fully saturated rings. The molecule has 2 heteroatoms. The van der Waals surface area contributed by atoms with E-state index in [-0.39, 0.29) is 0 Å². The fourth-order valence-electron chi connectivity index (χ4n) is 1.79. The number of aromatic nitrogens is 1. The maximum absolute atomic E-state index is 4.48. The molecule has 0 aromatic carbocycles. The van der Waals surface area contributed by atoms with E-state index in [1.165, 1.54) is 5.56 Å². The van der Waals surface area contributed by atoms with E-state index in [0.717, 1.165) is 24.4 Å². The quantitative estimate of drug-likeness (QED) is 0.793. The van der Waals surface area contributed by atoms with Crippen molar-refractivity contribution in [3.05, 3.63) is 29.1 Å². The molecule has 1 atom stereocenters. The van der Waals surface area contributed by atoms with Gasteiger partial charge in [-0.15, -0.1) is 0 Å². The fraction of sp³-hybridized carbons (Fsp3) is 0.583. The van der Waals surface area contributed by atoms with Crippen LogP contribution in [0.5, 0.6) is 0 Å². The van der Waals surface area contributed by atoms with Crippen molar-refractivity contribution in [1.82, 2.24) is 10.3 Å². The summed E-state index contributed by atoms with van der Waals surface area (Å²) < 4.78 is 0. The van der Waals surface area contributed by atoms with Crippen LogP contribution in [0.15, 0.2) is 12.1 Å². The van der Waals surface area contributed by atoms with Crippen LogP contribution >= 0.6 is 0 Å². The minimum atomic E-state index is 0.452. The molecule has 1 heterocycles. The standard InChI is InChI=1S/C12H20N2/c1-5-12(13-6-2)11-8-7-9(3)14-10(11)4/h7-8,12-13H,5-6H2,1-4H3. The molecule has 1 unspecified atom stereocenters. The van der Waals surface area contributed by atoms with Crippen molar-refractivity contribution in [1.29, 1.82) is 0 Å². The Bertz CT molecular complexity index is 294. The molecule has 1 aromatic heterocycles. The molecule has 14 heavy (non-hydrogen) atoms. The second-order valence-electron chi connectivity index (χ2n) is 3.65. The summed E-state index contributed by atoms with van der Waals surface area (Å²) in [5.74, 6) is 0. The number of hydrogen-bond donors (Lipinski definition) is 1. The Labute approximate surface area is 86.8 Å². The van der Waals surface area contributed by atoms with E-state index in [1.807, 2.05) is 6.92 Å². The van der Waals surface area contributed by atoms with Gasteiger partial charge in [0.05, 0.1) is 0 Å². The molecule has 0 aliphatic rings. The van der Waals surface area contributed by atoms with Crippen LogP contribution < -0.4 is 5.32 Å². The molecule has 0 saturated heterocycles. The number of nitrogens with one attached hydrogen (secondary N) is 1. The summed E-state index contributed by atoms with van der Waals surface area (Å²) in [5, 5.41) is 3.47. The molecule has 1 rings (SSSR count). The van der Waals surface area contributed by atoms with E-state index >= 15 is 0 Å². The lowest BCUT2D eigenvalue weighted by Gasteiger charge is -2.18. The SMILES string of the molecule is CCNC(CC)c1ccc(C)nc1C. The van der Waals surface area contributed by atoms with Crippen LogP contribution in [0, 0.1) is 13.8 Å². The normalized spacial score (nSPS) is 12.9. The summed E-state index contributed by atoms with van der Waals surface area (Å²) in [5.41, 5.74) is 3.58. The molecule has 0 aliphatic carbocycles. The lowest BCUT2D eigenvalue weighted by Crippen LogP contribution is -2.21. The zero-order valence-corrected chi connectivity index (χ0v) is 9.59. The summed E-state index contributed by atoms with van der Waals surface area (Å²) >= 11 is 0. The van der Waals surface area contributed by atoms with Gasteiger partial charge < -0.3 is 5.32 Å². The number of nitrogens with zero attached hydrogens (tertiary/aromatic N) is 1. The Morgan fingerprint density at radius 1 is 1.29 bits per heavy atom. The second-order valence-corrected chi connectivity index (χ2v) is 3.65. The zero-order chi connectivity index (χ0) is 10.6. The molecule has 0 amide bonds. The zero-order valence-electron chi connectivity index (χ0n) is 9.59. The number of aryl methyl sites for hydroxylation is 2. The largest absolute Gasteiger partial charge is 0.310 e. The van der Waals surface area contributed by atoms with Gasteiger partial charge in [-0.2, -0.15) is 0 Å². The van der Waals surface area contributed by atoms with E-state index in [1.54, 1.807) is 0 Å². The Hall–Kier alpha value is -0.890. The first-order valence-electron chi connectivity index (χ1n) is 5.36. The van der Waals surface area contributed by atoms with Crippen molar-refractivity contribution in [3.63, 3.8) is 0 Å². The van der Waals surface area contributed by atoms with Crippen LogP contribution in [-0.2, 0) is 0 Å². The highest BCUT2D eigenvalue weighted by Crippen LogP contribution is 2.19. The van der Waals surface area contributed by atoms with Crippen LogP contribution in [0.25, 0.3) is 0 Å². The number of rotatable bonds is 4. The van der Waals surface area contributed by atoms with E-state index in [2.05, 4.69) is 43.2 Å². The van der Waals surface area contributed by atoms with Gasteiger partial charge in [0.1, 0.15) is 0 Å². The van der Waals surface area contributed by atoms with Crippen LogP contribution in [0.1, 0.15) is 43.3 Å². The van der Waals surface area contributed by atoms with Crippen molar-refractivity contribution < 1.29 is 0 Å². The molecular formula is C12H20N2. The van der Waals surface area contributed by atoms with Gasteiger partial charge in [-0.25, -0.2) is 0 Å². The molecule has 1 aromatic rings. The molecular weight excluding hydrogens is 172 g/mol. The Morgan fingerprint density at radius 3 is 2.50 bits per heavy atom. The van der Waals surface area contributed by atoms with E-state index in [9.17, 15) is 0 Å². The minimum absolute atomic E-state index is 0.452. The highest BCUT2D eigenvalue weighted by atomic mass is 14.9. The molecule has 78 valence electrons. The Kier molecular flexibility index (Phi) is 4.08. The molecule has 2 nitrogen and oxygen atoms in total. The topological polar surface area (TPSA) is 24.9 Å². The van der Waals surface area contributed by atoms with E-state index in [4.69, 9.17) is 0 Å². The van der Waals surface area contributed by atoms with E-state index < -0.39 is 0 Å². The first-order valence-corrected chi connectivity index (χ1v) is 5.36. The van der Waals surface area contributed by atoms with Gasteiger partial charge >= 0.3 is 0 Å². The van der Waals surface area contributed by atoms with Crippen LogP contribution in [0.2, 0.25) is 0 Å². The highest BCUT2D eigenvalue weighted by Gasteiger charge is 2.10. The third-order valence-electron chi connectivity index (χ3n) is 2.50. The van der Waals surface area contributed by atoms with Gasteiger partial charge in [-0.1, -0.05) is 19.9 Å². The lowest BCUT2D eigenvalue weighted by atomic mass is 10.0. The third-order valence-corrected chi connectivity index (χ3v) is 2.50. The van der Waals surface area contributed by atoms with Gasteiger partial charge in [0.2, 0.25) is 0 Å². The molecule has 1 N–H and O–H groups in total. The van der Waals surface area contributed by atoms with Gasteiger partial charge in [-0.05, 0) is 38.4 Å². The smallest absolute Gasteiger partial charge is 0.0423 e. The molecule has 0 radical (unpaired) electrons. The van der Waals surface area contributed by atoms with E-state index in [0.29, 0.717) is 6.04 Å². The monoisotopic (exact) mass is 192 g/mol. The van der Waals surface area contributed by atoms with Gasteiger partial charge in [0, 0.05) is 17.4 Å². The first-order chi connectivity index (χ1) is 6.69. The van der Waals surface area contributed by atoms with Crippen LogP contribution in [-0.4, -0.2) is 11.5 Å². The number of pyridine rings is 1. The maximum atomic E-state index is 4.48. The van der Waals surface area contributed by atoms with Crippen molar-refractivity contribution in [2.75, 3.05) is 6.54 Å². The number of hydrogen-bond acceptors (Lipinski definition) is 2. The van der Waals surface area contributed by atoms with Crippen LogP contribution in [0.4, 0.5) is 0 Å². The van der Waals surface area contributed by atoms with Crippen molar-refractivity contribution in [3.8, 4) is 0 Å².